The molecule has 1 atom stereocenters. The predicted molar refractivity (Wildman–Crippen MR) is 118 cm³/mol. The zero-order valence-corrected chi connectivity index (χ0v) is 18.2. The van der Waals surface area contributed by atoms with E-state index in [1.165, 1.54) is 18.4 Å². The number of nitrogens with zero attached hydrogens (tertiary/aromatic N) is 3. The minimum atomic E-state index is 0.118. The highest BCUT2D eigenvalue weighted by Crippen LogP contribution is 2.41. The van der Waals surface area contributed by atoms with Gasteiger partial charge in [-0.3, -0.25) is 4.79 Å². The van der Waals surface area contributed by atoms with E-state index in [2.05, 4.69) is 32.3 Å². The van der Waals surface area contributed by atoms with Crippen LogP contribution >= 0.6 is 0 Å². The number of rotatable bonds is 7. The molecule has 0 unspecified atom stereocenters. The number of anilines is 1. The van der Waals surface area contributed by atoms with Gasteiger partial charge >= 0.3 is 0 Å². The fourth-order valence-electron chi connectivity index (χ4n) is 4.39. The molecule has 1 aliphatic heterocycles. The first-order valence-corrected chi connectivity index (χ1v) is 11.0. The lowest BCUT2D eigenvalue weighted by atomic mass is 9.92. The maximum Gasteiger partial charge on any atom is 0.225 e. The van der Waals surface area contributed by atoms with E-state index in [1.54, 1.807) is 7.11 Å². The molecular formula is C24H32N4O2. The quantitative estimate of drug-likeness (QED) is 0.751. The Morgan fingerprint density at radius 2 is 1.73 bits per heavy atom. The van der Waals surface area contributed by atoms with Gasteiger partial charge in [0, 0.05) is 30.9 Å². The second-order valence-electron chi connectivity index (χ2n) is 8.74. The van der Waals surface area contributed by atoms with E-state index in [0.717, 1.165) is 49.0 Å². The summed E-state index contributed by atoms with van der Waals surface area (Å²) in [6, 6.07) is 10.2. The molecule has 1 saturated heterocycles. The summed E-state index contributed by atoms with van der Waals surface area (Å²) in [4.78, 5) is 24.2. The Bertz CT molecular complexity index is 851. The zero-order valence-electron chi connectivity index (χ0n) is 18.2. The van der Waals surface area contributed by atoms with Crippen LogP contribution in [-0.4, -0.2) is 36.1 Å². The van der Waals surface area contributed by atoms with Crippen LogP contribution in [0, 0.1) is 25.7 Å². The molecular weight excluding hydrogens is 376 g/mol. The summed E-state index contributed by atoms with van der Waals surface area (Å²) in [5.41, 5.74) is 3.18. The van der Waals surface area contributed by atoms with Crippen molar-refractivity contribution in [2.45, 2.75) is 52.0 Å². The standard InChI is InChI=1S/C24H32N4O2/c1-16-14-17(2)26-24(25-16)28-12-10-18(11-13-28)15-22(29)27-23(19-4-5-19)20-6-8-21(30-3)9-7-20/h6-9,14,18-19,23H,4-5,10-13,15H2,1-3H3,(H,27,29)/t23-/m1/s1. The monoisotopic (exact) mass is 408 g/mol. The van der Waals surface area contributed by atoms with Gasteiger partial charge in [-0.2, -0.15) is 0 Å². The van der Waals surface area contributed by atoms with E-state index in [9.17, 15) is 4.79 Å². The number of nitrogens with one attached hydrogen (secondary N) is 1. The third-order valence-corrected chi connectivity index (χ3v) is 6.23. The fourth-order valence-corrected chi connectivity index (χ4v) is 4.39. The highest BCUT2D eigenvalue weighted by molar-refractivity contribution is 5.76. The summed E-state index contributed by atoms with van der Waals surface area (Å²) < 4.78 is 5.26. The number of piperidine rings is 1. The fraction of sp³-hybridized carbons (Fsp3) is 0.542. The Labute approximate surface area is 179 Å². The van der Waals surface area contributed by atoms with Gasteiger partial charge < -0.3 is 15.0 Å². The molecule has 0 radical (unpaired) electrons. The summed E-state index contributed by atoms with van der Waals surface area (Å²) in [6.45, 7) is 5.83. The van der Waals surface area contributed by atoms with Gasteiger partial charge in [0.25, 0.3) is 0 Å². The molecule has 4 rings (SSSR count). The van der Waals surface area contributed by atoms with E-state index >= 15 is 0 Å². The number of aryl methyl sites for hydroxylation is 2. The number of carbonyl (C=O) groups is 1. The highest BCUT2D eigenvalue weighted by atomic mass is 16.5. The lowest BCUT2D eigenvalue weighted by molar-refractivity contribution is -0.123. The molecule has 30 heavy (non-hydrogen) atoms. The average molecular weight is 409 g/mol. The first kappa shape index (κ1) is 20.6. The van der Waals surface area contributed by atoms with Gasteiger partial charge in [-0.25, -0.2) is 9.97 Å². The molecule has 1 aliphatic carbocycles. The molecule has 2 aliphatic rings. The Morgan fingerprint density at radius 3 is 2.30 bits per heavy atom. The average Bonchev–Trinajstić information content (AvgIpc) is 3.57. The number of aromatic nitrogens is 2. The molecule has 0 spiro atoms. The van der Waals surface area contributed by atoms with E-state index in [-0.39, 0.29) is 11.9 Å². The number of methoxy groups -OCH3 is 1. The number of benzene rings is 1. The van der Waals surface area contributed by atoms with E-state index in [1.807, 2.05) is 32.0 Å². The van der Waals surface area contributed by atoms with E-state index in [4.69, 9.17) is 4.74 Å². The van der Waals surface area contributed by atoms with Crippen molar-refractivity contribution in [3.8, 4) is 5.75 Å². The van der Waals surface area contributed by atoms with Crippen LogP contribution in [0.2, 0.25) is 0 Å². The molecule has 2 fully saturated rings. The maximum atomic E-state index is 12.8. The first-order chi connectivity index (χ1) is 14.5. The second-order valence-corrected chi connectivity index (χ2v) is 8.74. The van der Waals surface area contributed by atoms with Crippen molar-refractivity contribution in [1.82, 2.24) is 15.3 Å². The number of amides is 1. The summed E-state index contributed by atoms with van der Waals surface area (Å²) in [7, 11) is 1.67. The molecule has 1 N–H and O–H groups in total. The SMILES string of the molecule is COc1ccc([C@H](NC(=O)CC2CCN(c3nc(C)cc(C)n3)CC2)C2CC2)cc1. The van der Waals surface area contributed by atoms with Crippen molar-refractivity contribution in [2.24, 2.45) is 11.8 Å². The van der Waals surface area contributed by atoms with Crippen LogP contribution in [0.1, 0.15) is 55.1 Å². The summed E-state index contributed by atoms with van der Waals surface area (Å²) in [5.74, 6) is 2.82. The number of carbonyl (C=O) groups excluding carboxylic acids is 1. The van der Waals surface area contributed by atoms with Gasteiger partial charge in [0.1, 0.15) is 5.75 Å². The van der Waals surface area contributed by atoms with E-state index < -0.39 is 0 Å². The molecule has 0 bridgehead atoms. The van der Waals surface area contributed by atoms with Crippen molar-refractivity contribution in [2.75, 3.05) is 25.1 Å². The zero-order chi connectivity index (χ0) is 21.1. The number of ether oxygens (including phenoxy) is 1. The van der Waals surface area contributed by atoms with Crippen LogP contribution in [0.3, 0.4) is 0 Å². The maximum absolute atomic E-state index is 12.8. The van der Waals surface area contributed by atoms with Crippen molar-refractivity contribution >= 4 is 11.9 Å². The molecule has 2 aromatic rings. The lowest BCUT2D eigenvalue weighted by Crippen LogP contribution is -2.37. The molecule has 1 amide bonds. The van der Waals surface area contributed by atoms with Gasteiger partial charge in [0.2, 0.25) is 11.9 Å². The number of hydrogen-bond donors (Lipinski definition) is 1. The molecule has 6 heteroatoms. The third kappa shape index (κ3) is 5.10. The van der Waals surface area contributed by atoms with Crippen molar-refractivity contribution in [3.63, 3.8) is 0 Å². The smallest absolute Gasteiger partial charge is 0.225 e. The van der Waals surface area contributed by atoms with Crippen LogP contribution in [0.15, 0.2) is 30.3 Å². The molecule has 2 heterocycles. The molecule has 1 aromatic carbocycles. The van der Waals surface area contributed by atoms with Gasteiger partial charge in [-0.1, -0.05) is 12.1 Å². The largest absolute Gasteiger partial charge is 0.497 e. The second kappa shape index (κ2) is 9.02. The van der Waals surface area contributed by atoms with Gasteiger partial charge in [-0.15, -0.1) is 0 Å². The molecule has 6 nitrogen and oxygen atoms in total. The van der Waals surface area contributed by atoms with Crippen LogP contribution in [-0.2, 0) is 4.79 Å². The lowest BCUT2D eigenvalue weighted by Gasteiger charge is -2.32. The Kier molecular flexibility index (Phi) is 6.21. The Balaban J connectivity index is 1.30. The highest BCUT2D eigenvalue weighted by Gasteiger charge is 2.34. The van der Waals surface area contributed by atoms with Crippen molar-refractivity contribution in [1.29, 1.82) is 0 Å². The van der Waals surface area contributed by atoms with E-state index in [0.29, 0.717) is 18.3 Å². The van der Waals surface area contributed by atoms with Crippen molar-refractivity contribution < 1.29 is 9.53 Å². The van der Waals surface area contributed by atoms with Crippen LogP contribution in [0.4, 0.5) is 5.95 Å². The Hall–Kier alpha value is -2.63. The molecule has 160 valence electrons. The molecule has 1 saturated carbocycles. The van der Waals surface area contributed by atoms with Gasteiger partial charge in [0.15, 0.2) is 0 Å². The van der Waals surface area contributed by atoms with Crippen LogP contribution in [0.25, 0.3) is 0 Å². The summed E-state index contributed by atoms with van der Waals surface area (Å²) in [5, 5.41) is 3.32. The Morgan fingerprint density at radius 1 is 1.10 bits per heavy atom. The predicted octanol–water partition coefficient (Wildman–Crippen LogP) is 3.98. The van der Waals surface area contributed by atoms with Gasteiger partial charge in [-0.05, 0) is 75.1 Å². The van der Waals surface area contributed by atoms with Crippen LogP contribution < -0.4 is 15.0 Å². The third-order valence-electron chi connectivity index (χ3n) is 6.23. The summed E-state index contributed by atoms with van der Waals surface area (Å²) in [6.07, 6.45) is 4.97. The first-order valence-electron chi connectivity index (χ1n) is 11.0. The minimum absolute atomic E-state index is 0.118. The van der Waals surface area contributed by atoms with Crippen molar-refractivity contribution in [3.05, 3.63) is 47.3 Å². The molecule has 1 aromatic heterocycles. The summed E-state index contributed by atoms with van der Waals surface area (Å²) >= 11 is 0. The minimum Gasteiger partial charge on any atom is -0.497 e. The van der Waals surface area contributed by atoms with Gasteiger partial charge in [0.05, 0.1) is 13.2 Å². The normalized spacial score (nSPS) is 18.2. The van der Waals surface area contributed by atoms with Crippen LogP contribution in [0.5, 0.6) is 5.75 Å². The topological polar surface area (TPSA) is 67.3 Å². The number of hydrogen-bond acceptors (Lipinski definition) is 5.